The first-order chi connectivity index (χ1) is 13.1. The van der Waals surface area contributed by atoms with Gasteiger partial charge in [-0.2, -0.15) is 5.26 Å². The highest BCUT2D eigenvalue weighted by Crippen LogP contribution is 2.26. The zero-order chi connectivity index (χ0) is 19.2. The maximum absolute atomic E-state index is 12.8. The first-order valence-electron chi connectivity index (χ1n) is 8.67. The zero-order valence-electron chi connectivity index (χ0n) is 15.1. The zero-order valence-corrected chi connectivity index (χ0v) is 16.6. The van der Waals surface area contributed by atoms with Crippen molar-refractivity contribution in [2.45, 2.75) is 0 Å². The Bertz CT molecular complexity index is 882. The molecule has 1 saturated heterocycles. The SMILES string of the molecule is COc1ccc(/C=C(/C#N)C(=O)N2CCN(c3ccccc3)CC2)cc1Br. The summed E-state index contributed by atoms with van der Waals surface area (Å²) in [6.45, 7) is 2.70. The third-order valence-corrected chi connectivity index (χ3v) is 5.15. The van der Waals surface area contributed by atoms with Crippen molar-refractivity contribution < 1.29 is 9.53 Å². The number of methoxy groups -OCH3 is 1. The molecule has 27 heavy (non-hydrogen) atoms. The normalized spacial score (nSPS) is 14.6. The molecule has 0 radical (unpaired) electrons. The van der Waals surface area contributed by atoms with Gasteiger partial charge >= 0.3 is 0 Å². The molecule has 0 atom stereocenters. The van der Waals surface area contributed by atoms with Crippen LogP contribution in [-0.2, 0) is 4.79 Å². The van der Waals surface area contributed by atoms with Crippen LogP contribution in [0.15, 0.2) is 58.6 Å². The van der Waals surface area contributed by atoms with Crippen LogP contribution in [0.1, 0.15) is 5.56 Å². The lowest BCUT2D eigenvalue weighted by Crippen LogP contribution is -2.49. The van der Waals surface area contributed by atoms with E-state index in [0.717, 1.165) is 28.8 Å². The minimum Gasteiger partial charge on any atom is -0.496 e. The fourth-order valence-corrected chi connectivity index (χ4v) is 3.62. The predicted octanol–water partition coefficient (Wildman–Crippen LogP) is 3.71. The highest BCUT2D eigenvalue weighted by Gasteiger charge is 2.23. The summed E-state index contributed by atoms with van der Waals surface area (Å²) in [5, 5.41) is 9.48. The Balaban J connectivity index is 1.69. The number of benzene rings is 2. The minimum absolute atomic E-state index is 0.139. The van der Waals surface area contributed by atoms with Crippen molar-refractivity contribution in [1.29, 1.82) is 5.26 Å². The van der Waals surface area contributed by atoms with Gasteiger partial charge in [0.05, 0.1) is 11.6 Å². The van der Waals surface area contributed by atoms with Crippen LogP contribution in [0.2, 0.25) is 0 Å². The highest BCUT2D eigenvalue weighted by molar-refractivity contribution is 9.10. The molecule has 6 heteroatoms. The number of hydrogen-bond acceptors (Lipinski definition) is 4. The van der Waals surface area contributed by atoms with E-state index in [1.165, 1.54) is 0 Å². The van der Waals surface area contributed by atoms with Gasteiger partial charge < -0.3 is 14.5 Å². The van der Waals surface area contributed by atoms with Crippen LogP contribution < -0.4 is 9.64 Å². The third kappa shape index (κ3) is 4.50. The average Bonchev–Trinajstić information content (AvgIpc) is 2.72. The molecule has 1 aliphatic heterocycles. The number of carbonyl (C=O) groups excluding carboxylic acids is 1. The smallest absolute Gasteiger partial charge is 0.264 e. The summed E-state index contributed by atoms with van der Waals surface area (Å²) in [6, 6.07) is 17.6. The van der Waals surface area contributed by atoms with Gasteiger partial charge in [-0.25, -0.2) is 0 Å². The average molecular weight is 426 g/mol. The van der Waals surface area contributed by atoms with Crippen molar-refractivity contribution >= 4 is 33.6 Å². The van der Waals surface area contributed by atoms with E-state index in [4.69, 9.17) is 4.74 Å². The number of piperazine rings is 1. The Morgan fingerprint density at radius 2 is 1.85 bits per heavy atom. The van der Waals surface area contributed by atoms with Gasteiger partial charge in [0.1, 0.15) is 17.4 Å². The molecule has 1 amide bonds. The number of rotatable bonds is 4. The fourth-order valence-electron chi connectivity index (χ4n) is 3.06. The van der Waals surface area contributed by atoms with Crippen molar-refractivity contribution in [2.24, 2.45) is 0 Å². The topological polar surface area (TPSA) is 56.6 Å². The number of para-hydroxylation sites is 1. The largest absolute Gasteiger partial charge is 0.496 e. The number of amides is 1. The number of ether oxygens (including phenoxy) is 1. The van der Waals surface area contributed by atoms with E-state index in [9.17, 15) is 10.1 Å². The van der Waals surface area contributed by atoms with Gasteiger partial charge in [-0.1, -0.05) is 24.3 Å². The van der Waals surface area contributed by atoms with E-state index in [1.54, 1.807) is 24.2 Å². The summed E-state index contributed by atoms with van der Waals surface area (Å²) in [5.74, 6) is 0.478. The molecule has 0 unspecified atom stereocenters. The van der Waals surface area contributed by atoms with Gasteiger partial charge in [0.2, 0.25) is 0 Å². The van der Waals surface area contributed by atoms with Crippen LogP contribution in [0, 0.1) is 11.3 Å². The van der Waals surface area contributed by atoms with E-state index in [0.29, 0.717) is 18.8 Å². The van der Waals surface area contributed by atoms with Crippen LogP contribution >= 0.6 is 15.9 Å². The van der Waals surface area contributed by atoms with E-state index in [-0.39, 0.29) is 11.5 Å². The molecule has 5 nitrogen and oxygen atoms in total. The Kier molecular flexibility index (Phi) is 6.15. The Labute approximate surface area is 167 Å². The second kappa shape index (κ2) is 8.74. The predicted molar refractivity (Wildman–Crippen MR) is 110 cm³/mol. The van der Waals surface area contributed by atoms with Gasteiger partial charge in [0.15, 0.2) is 0 Å². The second-order valence-corrected chi connectivity index (χ2v) is 7.03. The number of nitriles is 1. The molecule has 0 saturated carbocycles. The van der Waals surface area contributed by atoms with Crippen LogP contribution in [0.3, 0.4) is 0 Å². The highest BCUT2D eigenvalue weighted by atomic mass is 79.9. The molecule has 2 aromatic rings. The van der Waals surface area contributed by atoms with Gasteiger partial charge in [-0.3, -0.25) is 4.79 Å². The summed E-state index contributed by atoms with van der Waals surface area (Å²) in [4.78, 5) is 16.8. The molecule has 0 bridgehead atoms. The molecule has 1 heterocycles. The van der Waals surface area contributed by atoms with Crippen LogP contribution in [-0.4, -0.2) is 44.1 Å². The molecular formula is C21H20BrN3O2. The molecule has 1 aliphatic rings. The Morgan fingerprint density at radius 3 is 2.44 bits per heavy atom. The Morgan fingerprint density at radius 1 is 1.15 bits per heavy atom. The van der Waals surface area contributed by atoms with Gasteiger partial charge in [0.25, 0.3) is 5.91 Å². The molecule has 0 aromatic heterocycles. The minimum atomic E-state index is -0.225. The molecule has 0 spiro atoms. The standard InChI is InChI=1S/C21H20BrN3O2/c1-27-20-8-7-16(14-19(20)22)13-17(15-23)21(26)25-11-9-24(10-12-25)18-5-3-2-4-6-18/h2-8,13-14H,9-12H2,1H3/b17-13-. The van der Waals surface area contributed by atoms with Crippen molar-refractivity contribution in [1.82, 2.24) is 4.90 Å². The number of halogens is 1. The maximum Gasteiger partial charge on any atom is 0.264 e. The van der Waals surface area contributed by atoms with Crippen LogP contribution in [0.25, 0.3) is 6.08 Å². The van der Waals surface area contributed by atoms with E-state index < -0.39 is 0 Å². The summed E-state index contributed by atoms with van der Waals surface area (Å²) in [5.41, 5.74) is 2.07. The summed E-state index contributed by atoms with van der Waals surface area (Å²) in [7, 11) is 1.59. The van der Waals surface area contributed by atoms with Crippen molar-refractivity contribution in [3.8, 4) is 11.8 Å². The summed E-state index contributed by atoms with van der Waals surface area (Å²) < 4.78 is 5.99. The number of hydrogen-bond donors (Lipinski definition) is 0. The van der Waals surface area contributed by atoms with E-state index in [1.807, 2.05) is 36.4 Å². The summed E-state index contributed by atoms with van der Waals surface area (Å²) >= 11 is 3.42. The van der Waals surface area contributed by atoms with Crippen molar-refractivity contribution in [2.75, 3.05) is 38.2 Å². The second-order valence-electron chi connectivity index (χ2n) is 6.18. The molecule has 0 aliphatic carbocycles. The number of carbonyl (C=O) groups is 1. The molecule has 3 rings (SSSR count). The van der Waals surface area contributed by atoms with Crippen LogP contribution in [0.5, 0.6) is 5.75 Å². The molecular weight excluding hydrogens is 406 g/mol. The van der Waals surface area contributed by atoms with Crippen molar-refractivity contribution in [3.63, 3.8) is 0 Å². The van der Waals surface area contributed by atoms with Gasteiger partial charge in [0, 0.05) is 31.9 Å². The van der Waals surface area contributed by atoms with E-state index >= 15 is 0 Å². The lowest BCUT2D eigenvalue weighted by Gasteiger charge is -2.36. The lowest BCUT2D eigenvalue weighted by molar-refractivity contribution is -0.126. The molecule has 0 N–H and O–H groups in total. The number of nitrogens with zero attached hydrogens (tertiary/aromatic N) is 3. The van der Waals surface area contributed by atoms with E-state index in [2.05, 4.69) is 33.0 Å². The molecule has 138 valence electrons. The maximum atomic E-state index is 12.8. The first-order valence-corrected chi connectivity index (χ1v) is 9.46. The first kappa shape index (κ1) is 19.0. The third-order valence-electron chi connectivity index (χ3n) is 4.53. The Hall–Kier alpha value is -2.78. The molecule has 2 aromatic carbocycles. The van der Waals surface area contributed by atoms with Crippen molar-refractivity contribution in [3.05, 3.63) is 64.1 Å². The monoisotopic (exact) mass is 425 g/mol. The lowest BCUT2D eigenvalue weighted by atomic mass is 10.1. The van der Waals surface area contributed by atoms with Gasteiger partial charge in [-0.15, -0.1) is 0 Å². The van der Waals surface area contributed by atoms with Crippen LogP contribution in [0.4, 0.5) is 5.69 Å². The molecule has 1 fully saturated rings. The quantitative estimate of drug-likeness (QED) is 0.553. The summed E-state index contributed by atoms with van der Waals surface area (Å²) in [6.07, 6.45) is 1.62. The fraction of sp³-hybridized carbons (Fsp3) is 0.238. The number of anilines is 1. The van der Waals surface area contributed by atoms with Gasteiger partial charge in [-0.05, 0) is 51.8 Å².